The van der Waals surface area contributed by atoms with Gasteiger partial charge in [0.15, 0.2) is 0 Å². The van der Waals surface area contributed by atoms with Gasteiger partial charge in [-0.05, 0) is 42.5 Å². The normalized spacial score (nSPS) is 11.7. The minimum Gasteiger partial charge on any atom is -0.507 e. The van der Waals surface area contributed by atoms with Crippen molar-refractivity contribution in [3.05, 3.63) is 59.2 Å². The second kappa shape index (κ2) is 9.08. The number of aromatic nitrogens is 1. The van der Waals surface area contributed by atoms with Crippen molar-refractivity contribution in [3.8, 4) is 5.75 Å². The predicted molar refractivity (Wildman–Crippen MR) is 99.8 cm³/mol. The first-order valence-electron chi connectivity index (χ1n) is 8.74. The van der Waals surface area contributed by atoms with Crippen LogP contribution in [-0.2, 0) is 6.42 Å². The summed E-state index contributed by atoms with van der Waals surface area (Å²) in [6, 6.07) is 6.05. The Morgan fingerprint density at radius 2 is 1.96 bits per heavy atom. The lowest BCUT2D eigenvalue weighted by Crippen LogP contribution is -2.23. The van der Waals surface area contributed by atoms with E-state index in [9.17, 15) is 14.3 Å². The second-order valence-electron chi connectivity index (χ2n) is 6.36. The van der Waals surface area contributed by atoms with Gasteiger partial charge in [0.2, 0.25) is 0 Å². The maximum absolute atomic E-state index is 14.4. The van der Waals surface area contributed by atoms with E-state index in [4.69, 9.17) is 0 Å². The molecule has 0 saturated carbocycles. The molecule has 2 aromatic rings. The van der Waals surface area contributed by atoms with Gasteiger partial charge in [0.25, 0.3) is 5.91 Å². The van der Waals surface area contributed by atoms with Crippen LogP contribution < -0.4 is 5.43 Å². The van der Waals surface area contributed by atoms with Gasteiger partial charge in [0.05, 0.1) is 11.3 Å². The number of hydrazone groups is 1. The SMILES string of the molecule is CCCCc1ccc(F)c(/C(=N/NC(=O)c2ccncc2)C(C)C)c1O. The van der Waals surface area contributed by atoms with E-state index in [1.165, 1.54) is 18.5 Å². The van der Waals surface area contributed by atoms with E-state index < -0.39 is 11.7 Å². The molecule has 0 unspecified atom stereocenters. The van der Waals surface area contributed by atoms with Gasteiger partial charge in [-0.2, -0.15) is 5.10 Å². The van der Waals surface area contributed by atoms with Crippen molar-refractivity contribution in [2.75, 3.05) is 0 Å². The minimum atomic E-state index is -0.562. The van der Waals surface area contributed by atoms with Crippen LogP contribution in [0.3, 0.4) is 0 Å². The second-order valence-corrected chi connectivity index (χ2v) is 6.36. The van der Waals surface area contributed by atoms with E-state index in [1.54, 1.807) is 18.2 Å². The molecule has 6 heteroatoms. The first kappa shape index (κ1) is 19.6. The zero-order chi connectivity index (χ0) is 19.1. The molecule has 0 aliphatic rings. The summed E-state index contributed by atoms with van der Waals surface area (Å²) < 4.78 is 14.4. The summed E-state index contributed by atoms with van der Waals surface area (Å²) in [6.07, 6.45) is 5.53. The lowest BCUT2D eigenvalue weighted by Gasteiger charge is -2.16. The van der Waals surface area contributed by atoms with Crippen molar-refractivity contribution in [2.45, 2.75) is 40.0 Å². The zero-order valence-electron chi connectivity index (χ0n) is 15.3. The van der Waals surface area contributed by atoms with Crippen molar-refractivity contribution in [1.82, 2.24) is 10.4 Å². The highest BCUT2D eigenvalue weighted by Gasteiger charge is 2.21. The number of carbonyl (C=O) groups is 1. The average molecular weight is 357 g/mol. The maximum atomic E-state index is 14.4. The standard InChI is InChI=1S/C20H24FN3O2/c1-4-5-6-14-7-8-16(21)17(19(14)25)18(13(2)3)23-24-20(26)15-9-11-22-12-10-15/h7-13,25H,4-6H2,1-3H3,(H,24,26)/b23-18+. The fraction of sp³-hybridized carbons (Fsp3) is 0.350. The molecule has 0 atom stereocenters. The third kappa shape index (κ3) is 4.65. The van der Waals surface area contributed by atoms with Gasteiger partial charge < -0.3 is 5.11 Å². The van der Waals surface area contributed by atoms with E-state index in [0.717, 1.165) is 12.8 Å². The Balaban J connectivity index is 2.36. The van der Waals surface area contributed by atoms with E-state index in [0.29, 0.717) is 23.3 Å². The first-order chi connectivity index (χ1) is 12.5. The number of unbranched alkanes of at least 4 members (excludes halogenated alkanes) is 1. The van der Waals surface area contributed by atoms with Gasteiger partial charge in [-0.1, -0.05) is 33.3 Å². The van der Waals surface area contributed by atoms with Crippen LogP contribution in [-0.4, -0.2) is 21.7 Å². The topological polar surface area (TPSA) is 74.6 Å². The third-order valence-electron chi connectivity index (χ3n) is 4.03. The van der Waals surface area contributed by atoms with E-state index in [-0.39, 0.29) is 17.2 Å². The number of aryl methyl sites for hydroxylation is 1. The summed E-state index contributed by atoms with van der Waals surface area (Å²) in [4.78, 5) is 16.0. The molecule has 0 radical (unpaired) electrons. The highest BCUT2D eigenvalue weighted by Crippen LogP contribution is 2.29. The molecular formula is C20H24FN3O2. The first-order valence-corrected chi connectivity index (χ1v) is 8.74. The lowest BCUT2D eigenvalue weighted by atomic mass is 9.95. The van der Waals surface area contributed by atoms with Crippen molar-refractivity contribution in [2.24, 2.45) is 11.0 Å². The van der Waals surface area contributed by atoms with Gasteiger partial charge in [0, 0.05) is 18.0 Å². The smallest absolute Gasteiger partial charge is 0.271 e. The highest BCUT2D eigenvalue weighted by atomic mass is 19.1. The van der Waals surface area contributed by atoms with Gasteiger partial charge >= 0.3 is 0 Å². The number of carbonyl (C=O) groups excluding carboxylic acids is 1. The van der Waals surface area contributed by atoms with Gasteiger partial charge in [0.1, 0.15) is 11.6 Å². The number of pyridine rings is 1. The summed E-state index contributed by atoms with van der Waals surface area (Å²) in [5, 5.41) is 14.7. The number of phenolic OH excluding ortho intramolecular Hbond substituents is 1. The monoisotopic (exact) mass is 357 g/mol. The van der Waals surface area contributed by atoms with Crippen LogP contribution in [0.4, 0.5) is 4.39 Å². The molecule has 1 heterocycles. The molecule has 138 valence electrons. The van der Waals surface area contributed by atoms with Gasteiger partial charge in [-0.25, -0.2) is 9.82 Å². The molecule has 0 saturated heterocycles. The van der Waals surface area contributed by atoms with Crippen LogP contribution in [0, 0.1) is 11.7 Å². The molecule has 26 heavy (non-hydrogen) atoms. The number of benzene rings is 1. The van der Waals surface area contributed by atoms with Crippen LogP contribution >= 0.6 is 0 Å². The van der Waals surface area contributed by atoms with Crippen LogP contribution in [0.25, 0.3) is 0 Å². The summed E-state index contributed by atoms with van der Waals surface area (Å²) in [7, 11) is 0. The number of halogens is 1. The lowest BCUT2D eigenvalue weighted by molar-refractivity contribution is 0.0954. The fourth-order valence-electron chi connectivity index (χ4n) is 2.57. The fourth-order valence-corrected chi connectivity index (χ4v) is 2.57. The Kier molecular flexibility index (Phi) is 6.83. The highest BCUT2D eigenvalue weighted by molar-refractivity contribution is 6.05. The van der Waals surface area contributed by atoms with Crippen LogP contribution in [0.5, 0.6) is 5.75 Å². The number of hydrogen-bond donors (Lipinski definition) is 2. The summed E-state index contributed by atoms with van der Waals surface area (Å²) in [5.41, 5.74) is 3.85. The zero-order valence-corrected chi connectivity index (χ0v) is 15.3. The largest absolute Gasteiger partial charge is 0.507 e. The Bertz CT molecular complexity index is 789. The third-order valence-corrected chi connectivity index (χ3v) is 4.03. The Hall–Kier alpha value is -2.76. The van der Waals surface area contributed by atoms with Crippen molar-refractivity contribution < 1.29 is 14.3 Å². The molecule has 1 aromatic heterocycles. The number of nitrogens with zero attached hydrogens (tertiary/aromatic N) is 2. The Morgan fingerprint density at radius 3 is 2.58 bits per heavy atom. The molecule has 0 bridgehead atoms. The number of nitrogens with one attached hydrogen (secondary N) is 1. The summed E-state index contributed by atoms with van der Waals surface area (Å²) in [5.74, 6) is -1.29. The van der Waals surface area contributed by atoms with Crippen molar-refractivity contribution >= 4 is 11.6 Å². The molecule has 0 aliphatic carbocycles. The molecule has 2 N–H and O–H groups in total. The molecule has 2 rings (SSSR count). The Labute approximate surface area is 153 Å². The number of rotatable bonds is 7. The maximum Gasteiger partial charge on any atom is 0.271 e. The molecule has 0 spiro atoms. The predicted octanol–water partition coefficient (Wildman–Crippen LogP) is 4.06. The van der Waals surface area contributed by atoms with Gasteiger partial charge in [-0.15, -0.1) is 0 Å². The minimum absolute atomic E-state index is 0.0450. The number of aromatic hydroxyl groups is 1. The average Bonchev–Trinajstić information content (AvgIpc) is 2.64. The molecule has 0 fully saturated rings. The molecule has 5 nitrogen and oxygen atoms in total. The molecule has 1 amide bonds. The number of phenols is 1. The molecule has 0 aliphatic heterocycles. The summed E-state index contributed by atoms with van der Waals surface area (Å²) >= 11 is 0. The van der Waals surface area contributed by atoms with E-state index in [1.807, 2.05) is 13.8 Å². The summed E-state index contributed by atoms with van der Waals surface area (Å²) in [6.45, 7) is 5.71. The molecular weight excluding hydrogens is 333 g/mol. The van der Waals surface area contributed by atoms with Gasteiger partial charge in [-0.3, -0.25) is 9.78 Å². The van der Waals surface area contributed by atoms with Crippen molar-refractivity contribution in [1.29, 1.82) is 0 Å². The van der Waals surface area contributed by atoms with Crippen LogP contribution in [0.15, 0.2) is 41.8 Å². The number of hydrogen-bond acceptors (Lipinski definition) is 4. The quantitative estimate of drug-likeness (QED) is 0.580. The van der Waals surface area contributed by atoms with Crippen molar-refractivity contribution in [3.63, 3.8) is 0 Å². The van der Waals surface area contributed by atoms with E-state index >= 15 is 0 Å². The Morgan fingerprint density at radius 1 is 1.27 bits per heavy atom. The van der Waals surface area contributed by atoms with Crippen LogP contribution in [0.2, 0.25) is 0 Å². The van der Waals surface area contributed by atoms with E-state index in [2.05, 4.69) is 22.4 Å². The molecule has 1 aromatic carbocycles. The van der Waals surface area contributed by atoms with Crippen LogP contribution in [0.1, 0.15) is 55.1 Å². The number of amides is 1.